The van der Waals surface area contributed by atoms with Gasteiger partial charge in [-0.05, 0) is 12.1 Å². The number of pyridine rings is 1. The van der Waals surface area contributed by atoms with Crippen molar-refractivity contribution in [3.63, 3.8) is 0 Å². The number of nitrogens with zero attached hydrogens (tertiary/aromatic N) is 1. The first kappa shape index (κ1) is 15.5. The van der Waals surface area contributed by atoms with E-state index in [-0.39, 0.29) is 28.7 Å². The minimum absolute atomic E-state index is 0.0593. The summed E-state index contributed by atoms with van der Waals surface area (Å²) < 4.78 is 22.5. The normalized spacial score (nSPS) is 11.0. The summed E-state index contributed by atoms with van der Waals surface area (Å²) in [5, 5.41) is 2.49. The first-order valence-electron chi connectivity index (χ1n) is 5.60. The van der Waals surface area contributed by atoms with Crippen LogP contribution in [0.25, 0.3) is 0 Å². The molecule has 19 heavy (non-hydrogen) atoms. The van der Waals surface area contributed by atoms with E-state index in [4.69, 9.17) is 18.0 Å². The lowest BCUT2D eigenvalue weighted by Gasteiger charge is -2.05. The van der Waals surface area contributed by atoms with Crippen LogP contribution >= 0.6 is 12.2 Å². The lowest BCUT2D eigenvalue weighted by atomic mass is 10.2. The van der Waals surface area contributed by atoms with Crippen LogP contribution in [0.4, 0.5) is 0 Å². The summed E-state index contributed by atoms with van der Waals surface area (Å²) in [4.78, 5) is 15.8. The minimum atomic E-state index is -3.08. The smallest absolute Gasteiger partial charge is 0.269 e. The zero-order chi connectivity index (χ0) is 14.5. The molecule has 1 rings (SSSR count). The van der Waals surface area contributed by atoms with Crippen molar-refractivity contribution < 1.29 is 13.2 Å². The van der Waals surface area contributed by atoms with Crippen molar-refractivity contribution in [2.24, 2.45) is 5.73 Å². The molecule has 0 unspecified atom stereocenters. The van der Waals surface area contributed by atoms with Crippen LogP contribution < -0.4 is 11.1 Å². The molecule has 6 nitrogen and oxygen atoms in total. The van der Waals surface area contributed by atoms with Gasteiger partial charge in [0.2, 0.25) is 0 Å². The number of amides is 1. The van der Waals surface area contributed by atoms with Crippen molar-refractivity contribution in [3.8, 4) is 0 Å². The summed E-state index contributed by atoms with van der Waals surface area (Å²) in [6, 6.07) is 3.07. The third kappa shape index (κ3) is 4.92. The average molecular weight is 301 g/mol. The van der Waals surface area contributed by atoms with Gasteiger partial charge in [-0.3, -0.25) is 9.78 Å². The van der Waals surface area contributed by atoms with Gasteiger partial charge in [0.05, 0.1) is 5.75 Å². The molecule has 0 radical (unpaired) electrons. The molecule has 0 saturated heterocycles. The Bertz CT molecular complexity index is 567. The van der Waals surface area contributed by atoms with Crippen molar-refractivity contribution in [1.82, 2.24) is 10.3 Å². The number of sulfone groups is 1. The standard InChI is InChI=1S/C11H15N3O3S2/c1-2-19(16,17)6-5-13-11(15)9-4-3-8(7-14-9)10(12)18/h3-4,7H,2,5-6H2,1H3,(H2,12,18)(H,13,15). The molecule has 0 aliphatic rings. The van der Waals surface area contributed by atoms with Crippen molar-refractivity contribution in [1.29, 1.82) is 0 Å². The molecule has 1 amide bonds. The molecular formula is C11H15N3O3S2. The van der Waals surface area contributed by atoms with E-state index >= 15 is 0 Å². The van der Waals surface area contributed by atoms with Gasteiger partial charge >= 0.3 is 0 Å². The number of nitrogens with two attached hydrogens (primary N) is 1. The topological polar surface area (TPSA) is 102 Å². The number of hydrogen-bond donors (Lipinski definition) is 2. The molecule has 1 aromatic heterocycles. The average Bonchev–Trinajstić information content (AvgIpc) is 2.38. The monoisotopic (exact) mass is 301 g/mol. The summed E-state index contributed by atoms with van der Waals surface area (Å²) in [5.41, 5.74) is 6.17. The van der Waals surface area contributed by atoms with Gasteiger partial charge in [0.25, 0.3) is 5.91 Å². The predicted octanol–water partition coefficient (Wildman–Crippen LogP) is -0.120. The Hall–Kier alpha value is -1.54. The molecular weight excluding hydrogens is 286 g/mol. The largest absolute Gasteiger partial charge is 0.389 e. The number of nitrogens with one attached hydrogen (secondary N) is 1. The van der Waals surface area contributed by atoms with E-state index in [9.17, 15) is 13.2 Å². The van der Waals surface area contributed by atoms with Crippen molar-refractivity contribution >= 4 is 33.0 Å². The van der Waals surface area contributed by atoms with Crippen LogP contribution in [0.2, 0.25) is 0 Å². The molecule has 0 atom stereocenters. The van der Waals surface area contributed by atoms with Crippen LogP contribution in [-0.2, 0) is 9.84 Å². The number of rotatable bonds is 6. The predicted molar refractivity (Wildman–Crippen MR) is 76.8 cm³/mol. The molecule has 0 saturated carbocycles. The zero-order valence-corrected chi connectivity index (χ0v) is 12.1. The first-order chi connectivity index (χ1) is 8.85. The van der Waals surface area contributed by atoms with Gasteiger partial charge in [0, 0.05) is 24.1 Å². The van der Waals surface area contributed by atoms with Gasteiger partial charge in [-0.25, -0.2) is 8.42 Å². The molecule has 1 heterocycles. The van der Waals surface area contributed by atoms with Crippen molar-refractivity contribution in [3.05, 3.63) is 29.6 Å². The highest BCUT2D eigenvalue weighted by Gasteiger charge is 2.10. The van der Waals surface area contributed by atoms with E-state index in [0.29, 0.717) is 5.56 Å². The van der Waals surface area contributed by atoms with Crippen molar-refractivity contribution in [2.75, 3.05) is 18.1 Å². The second kappa shape index (κ2) is 6.58. The van der Waals surface area contributed by atoms with Gasteiger partial charge in [-0.15, -0.1) is 0 Å². The maximum absolute atomic E-state index is 11.7. The Morgan fingerprint density at radius 3 is 2.63 bits per heavy atom. The second-order valence-electron chi connectivity index (χ2n) is 3.79. The summed E-state index contributed by atoms with van der Waals surface area (Å²) in [5.74, 6) is -0.454. The van der Waals surface area contributed by atoms with E-state index < -0.39 is 15.7 Å². The van der Waals surface area contributed by atoms with Crippen LogP contribution in [0, 0.1) is 0 Å². The molecule has 0 fully saturated rings. The van der Waals surface area contributed by atoms with Crippen LogP contribution in [0.5, 0.6) is 0 Å². The third-order valence-corrected chi connectivity index (χ3v) is 4.36. The molecule has 0 aliphatic heterocycles. The lowest BCUT2D eigenvalue weighted by molar-refractivity contribution is 0.0951. The molecule has 3 N–H and O–H groups in total. The van der Waals surface area contributed by atoms with E-state index in [2.05, 4.69) is 10.3 Å². The second-order valence-corrected chi connectivity index (χ2v) is 6.70. The number of carbonyl (C=O) groups is 1. The molecule has 0 spiro atoms. The van der Waals surface area contributed by atoms with E-state index in [0.717, 1.165) is 0 Å². The third-order valence-electron chi connectivity index (χ3n) is 2.42. The Balaban J connectivity index is 2.57. The quantitative estimate of drug-likeness (QED) is 0.710. The number of thiocarbonyl (C=S) groups is 1. The fourth-order valence-corrected chi connectivity index (χ4v) is 2.05. The Morgan fingerprint density at radius 2 is 2.16 bits per heavy atom. The molecule has 0 aromatic carbocycles. The van der Waals surface area contributed by atoms with Gasteiger partial charge in [-0.1, -0.05) is 19.1 Å². The lowest BCUT2D eigenvalue weighted by Crippen LogP contribution is -2.30. The fraction of sp³-hybridized carbons (Fsp3) is 0.364. The van der Waals surface area contributed by atoms with Crippen LogP contribution in [-0.4, -0.2) is 42.3 Å². The highest BCUT2D eigenvalue weighted by atomic mass is 32.2. The molecule has 1 aromatic rings. The maximum Gasteiger partial charge on any atom is 0.269 e. The summed E-state index contributed by atoms with van der Waals surface area (Å²) in [7, 11) is -3.08. The van der Waals surface area contributed by atoms with E-state index in [1.54, 1.807) is 13.0 Å². The molecule has 8 heteroatoms. The fourth-order valence-electron chi connectivity index (χ4n) is 1.23. The Labute approximate surface area is 117 Å². The number of aromatic nitrogens is 1. The summed E-state index contributed by atoms with van der Waals surface area (Å²) in [6.45, 7) is 1.63. The van der Waals surface area contributed by atoms with E-state index in [1.807, 2.05) is 0 Å². The van der Waals surface area contributed by atoms with Gasteiger partial charge in [0.1, 0.15) is 10.7 Å². The van der Waals surface area contributed by atoms with Crippen LogP contribution in [0.3, 0.4) is 0 Å². The van der Waals surface area contributed by atoms with Gasteiger partial charge in [0.15, 0.2) is 9.84 Å². The minimum Gasteiger partial charge on any atom is -0.389 e. The number of carbonyl (C=O) groups excluding carboxylic acids is 1. The molecule has 104 valence electrons. The van der Waals surface area contributed by atoms with Crippen LogP contribution in [0.15, 0.2) is 18.3 Å². The maximum atomic E-state index is 11.7. The molecule has 0 bridgehead atoms. The van der Waals surface area contributed by atoms with Gasteiger partial charge < -0.3 is 11.1 Å². The zero-order valence-electron chi connectivity index (χ0n) is 10.4. The Morgan fingerprint density at radius 1 is 1.47 bits per heavy atom. The SMILES string of the molecule is CCS(=O)(=O)CCNC(=O)c1ccc(C(N)=S)cn1. The van der Waals surface area contributed by atoms with E-state index in [1.165, 1.54) is 12.3 Å². The first-order valence-corrected chi connectivity index (χ1v) is 7.83. The highest BCUT2D eigenvalue weighted by Crippen LogP contribution is 2.00. The van der Waals surface area contributed by atoms with Gasteiger partial charge in [-0.2, -0.15) is 0 Å². The molecule has 0 aliphatic carbocycles. The van der Waals surface area contributed by atoms with Crippen LogP contribution in [0.1, 0.15) is 23.0 Å². The highest BCUT2D eigenvalue weighted by molar-refractivity contribution is 7.91. The Kier molecular flexibility index (Phi) is 5.37. The summed E-state index contributed by atoms with van der Waals surface area (Å²) >= 11 is 4.77. The number of hydrogen-bond acceptors (Lipinski definition) is 5. The summed E-state index contributed by atoms with van der Waals surface area (Å²) in [6.07, 6.45) is 1.40. The van der Waals surface area contributed by atoms with Crippen molar-refractivity contribution in [2.45, 2.75) is 6.92 Å².